The third-order valence-electron chi connectivity index (χ3n) is 5.83. The van der Waals surface area contributed by atoms with Gasteiger partial charge in [-0.2, -0.15) is 10.1 Å². The number of amides is 1. The highest BCUT2D eigenvalue weighted by molar-refractivity contribution is 5.95. The van der Waals surface area contributed by atoms with E-state index in [1.54, 1.807) is 16.8 Å². The first-order chi connectivity index (χ1) is 17.5. The summed E-state index contributed by atoms with van der Waals surface area (Å²) in [6.45, 7) is 4.04. The van der Waals surface area contributed by atoms with Crippen molar-refractivity contribution in [3.8, 4) is 22.8 Å². The first kappa shape index (κ1) is 23.2. The van der Waals surface area contributed by atoms with Crippen molar-refractivity contribution in [2.24, 2.45) is 0 Å². The molecule has 0 unspecified atom stereocenters. The molecular formula is C29H25FN4O2. The Morgan fingerprint density at radius 1 is 0.972 bits per heavy atom. The lowest BCUT2D eigenvalue weighted by Gasteiger charge is -2.09. The van der Waals surface area contributed by atoms with Crippen LogP contribution in [0.5, 0.6) is 5.88 Å². The first-order valence-electron chi connectivity index (χ1n) is 11.6. The van der Waals surface area contributed by atoms with Crippen molar-refractivity contribution in [3.05, 3.63) is 107 Å². The van der Waals surface area contributed by atoms with Gasteiger partial charge in [-0.05, 0) is 55.3 Å². The normalized spacial score (nSPS) is 11.0. The van der Waals surface area contributed by atoms with E-state index < -0.39 is 0 Å². The molecule has 180 valence electrons. The van der Waals surface area contributed by atoms with Gasteiger partial charge in [0.25, 0.3) is 5.91 Å². The van der Waals surface area contributed by atoms with Crippen LogP contribution in [0.4, 0.5) is 4.39 Å². The highest BCUT2D eigenvalue weighted by Gasteiger charge is 2.19. The van der Waals surface area contributed by atoms with Crippen LogP contribution in [0.2, 0.25) is 0 Å². The average molecular weight is 481 g/mol. The number of ether oxygens (including phenoxy) is 1. The average Bonchev–Trinajstić information content (AvgIpc) is 3.27. The van der Waals surface area contributed by atoms with E-state index in [9.17, 15) is 9.18 Å². The molecule has 0 aliphatic heterocycles. The molecule has 2 heterocycles. The van der Waals surface area contributed by atoms with Crippen molar-refractivity contribution in [2.75, 3.05) is 6.61 Å². The van der Waals surface area contributed by atoms with Gasteiger partial charge in [-0.1, -0.05) is 54.1 Å². The number of nitrogens with zero attached hydrogens (tertiary/aromatic N) is 3. The number of hydrogen-bond acceptors (Lipinski definition) is 4. The standard InChI is InChI=1S/C29H25FN4O2/c1-19-8-6-10-22(14-19)28-27-20(2)15-26(32-29(27)34(33-28)24-12-4-3-5-13-24)36-18-25(35)31-17-21-9-7-11-23(30)16-21/h3-16H,17-18H2,1-2H3,(H,31,35). The first-order valence-corrected chi connectivity index (χ1v) is 11.6. The summed E-state index contributed by atoms with van der Waals surface area (Å²) in [5.74, 6) is -0.337. The van der Waals surface area contributed by atoms with Crippen molar-refractivity contribution in [1.29, 1.82) is 0 Å². The number of carbonyl (C=O) groups is 1. The summed E-state index contributed by atoms with van der Waals surface area (Å²) in [6, 6.07) is 25.9. The van der Waals surface area contributed by atoms with Gasteiger partial charge in [0.05, 0.1) is 11.1 Å². The lowest BCUT2D eigenvalue weighted by molar-refractivity contribution is -0.123. The summed E-state index contributed by atoms with van der Waals surface area (Å²) in [5.41, 5.74) is 6.12. The number of halogens is 1. The van der Waals surface area contributed by atoms with Crippen molar-refractivity contribution in [2.45, 2.75) is 20.4 Å². The molecule has 3 aromatic carbocycles. The van der Waals surface area contributed by atoms with Crippen LogP contribution in [-0.2, 0) is 11.3 Å². The highest BCUT2D eigenvalue weighted by Crippen LogP contribution is 2.33. The minimum atomic E-state index is -0.342. The molecule has 1 N–H and O–H groups in total. The van der Waals surface area contributed by atoms with Crippen LogP contribution in [0, 0.1) is 19.7 Å². The number of hydrogen-bond donors (Lipinski definition) is 1. The molecule has 1 amide bonds. The van der Waals surface area contributed by atoms with E-state index in [1.807, 2.05) is 55.5 Å². The molecule has 0 atom stereocenters. The Morgan fingerprint density at radius 2 is 1.78 bits per heavy atom. The molecule has 5 rings (SSSR count). The lowest BCUT2D eigenvalue weighted by atomic mass is 10.0. The molecule has 0 aliphatic rings. The number of para-hydroxylation sites is 1. The Kier molecular flexibility index (Phi) is 6.45. The van der Waals surface area contributed by atoms with Gasteiger partial charge in [-0.25, -0.2) is 9.07 Å². The molecule has 0 spiro atoms. The third-order valence-corrected chi connectivity index (χ3v) is 5.83. The summed E-state index contributed by atoms with van der Waals surface area (Å²) in [5, 5.41) is 8.59. The molecular weight excluding hydrogens is 455 g/mol. The van der Waals surface area contributed by atoms with Gasteiger partial charge in [0.2, 0.25) is 5.88 Å². The molecule has 36 heavy (non-hydrogen) atoms. The zero-order chi connectivity index (χ0) is 25.1. The summed E-state index contributed by atoms with van der Waals surface area (Å²) in [7, 11) is 0. The number of benzene rings is 3. The maximum atomic E-state index is 13.4. The maximum absolute atomic E-state index is 13.4. The number of aromatic nitrogens is 3. The molecule has 0 fully saturated rings. The van der Waals surface area contributed by atoms with Crippen LogP contribution in [0.15, 0.2) is 84.9 Å². The predicted molar refractivity (Wildman–Crippen MR) is 138 cm³/mol. The number of carbonyl (C=O) groups excluding carboxylic acids is 1. The van der Waals surface area contributed by atoms with Crippen LogP contribution < -0.4 is 10.1 Å². The summed E-state index contributed by atoms with van der Waals surface area (Å²) < 4.78 is 20.9. The van der Waals surface area contributed by atoms with Gasteiger partial charge in [-0.15, -0.1) is 0 Å². The molecule has 0 radical (unpaired) electrons. The molecule has 0 saturated heterocycles. The minimum Gasteiger partial charge on any atom is -0.468 e. The maximum Gasteiger partial charge on any atom is 0.258 e. The Hall–Kier alpha value is -4.52. The SMILES string of the molecule is Cc1cccc(-c2nn(-c3ccccc3)c3nc(OCC(=O)NCc4cccc(F)c4)cc(C)c23)c1. The quantitative estimate of drug-likeness (QED) is 0.332. The molecule has 6 nitrogen and oxygen atoms in total. The fourth-order valence-electron chi connectivity index (χ4n) is 4.13. The lowest BCUT2D eigenvalue weighted by Crippen LogP contribution is -2.28. The smallest absolute Gasteiger partial charge is 0.258 e. The molecule has 5 aromatic rings. The molecule has 0 saturated carbocycles. The van der Waals surface area contributed by atoms with Crippen LogP contribution in [0.1, 0.15) is 16.7 Å². The van der Waals surface area contributed by atoms with Crippen LogP contribution >= 0.6 is 0 Å². The fraction of sp³-hybridized carbons (Fsp3) is 0.138. The second kappa shape index (κ2) is 10.00. The topological polar surface area (TPSA) is 69.0 Å². The van der Waals surface area contributed by atoms with Gasteiger partial charge >= 0.3 is 0 Å². The predicted octanol–water partition coefficient (Wildman–Crippen LogP) is 5.54. The Balaban J connectivity index is 1.44. The van der Waals surface area contributed by atoms with Crippen molar-refractivity contribution >= 4 is 16.9 Å². The van der Waals surface area contributed by atoms with Gasteiger partial charge in [-0.3, -0.25) is 4.79 Å². The van der Waals surface area contributed by atoms with Crippen LogP contribution in [-0.4, -0.2) is 27.3 Å². The fourth-order valence-corrected chi connectivity index (χ4v) is 4.13. The van der Waals surface area contributed by atoms with E-state index in [2.05, 4.69) is 24.4 Å². The van der Waals surface area contributed by atoms with Crippen molar-refractivity contribution < 1.29 is 13.9 Å². The highest BCUT2D eigenvalue weighted by atomic mass is 19.1. The Bertz CT molecular complexity index is 1550. The van der Waals surface area contributed by atoms with Crippen LogP contribution in [0.25, 0.3) is 28.0 Å². The molecule has 0 aliphatic carbocycles. The second-order valence-corrected chi connectivity index (χ2v) is 8.64. The van der Waals surface area contributed by atoms with E-state index in [4.69, 9.17) is 14.8 Å². The Labute approximate surface area is 208 Å². The van der Waals surface area contributed by atoms with E-state index in [0.717, 1.165) is 33.5 Å². The number of rotatable bonds is 7. The summed E-state index contributed by atoms with van der Waals surface area (Å²) in [6.07, 6.45) is 0. The number of nitrogens with one attached hydrogen (secondary N) is 1. The van der Waals surface area contributed by atoms with E-state index in [0.29, 0.717) is 17.1 Å². The number of aryl methyl sites for hydroxylation is 2. The number of fused-ring (bicyclic) bond motifs is 1. The molecule has 7 heteroatoms. The zero-order valence-electron chi connectivity index (χ0n) is 20.0. The largest absolute Gasteiger partial charge is 0.468 e. The van der Waals surface area contributed by atoms with Crippen LogP contribution in [0.3, 0.4) is 0 Å². The van der Waals surface area contributed by atoms with E-state index >= 15 is 0 Å². The van der Waals surface area contributed by atoms with Gasteiger partial charge < -0.3 is 10.1 Å². The number of pyridine rings is 1. The minimum absolute atomic E-state index is 0.211. The van der Waals surface area contributed by atoms with Crippen molar-refractivity contribution in [1.82, 2.24) is 20.1 Å². The van der Waals surface area contributed by atoms with E-state index in [1.165, 1.54) is 12.1 Å². The van der Waals surface area contributed by atoms with Gasteiger partial charge in [0, 0.05) is 18.2 Å². The van der Waals surface area contributed by atoms with E-state index in [-0.39, 0.29) is 24.9 Å². The van der Waals surface area contributed by atoms with Crippen molar-refractivity contribution in [3.63, 3.8) is 0 Å². The monoisotopic (exact) mass is 480 g/mol. The summed E-state index contributed by atoms with van der Waals surface area (Å²) in [4.78, 5) is 17.1. The zero-order valence-corrected chi connectivity index (χ0v) is 20.0. The summed E-state index contributed by atoms with van der Waals surface area (Å²) >= 11 is 0. The molecule has 2 aromatic heterocycles. The molecule has 0 bridgehead atoms. The van der Waals surface area contributed by atoms with Gasteiger partial charge in [0.1, 0.15) is 11.5 Å². The Morgan fingerprint density at radius 3 is 2.56 bits per heavy atom. The second-order valence-electron chi connectivity index (χ2n) is 8.64. The third kappa shape index (κ3) is 4.95. The van der Waals surface area contributed by atoms with Gasteiger partial charge in [0.15, 0.2) is 12.3 Å².